The Labute approximate surface area is 352 Å². The van der Waals surface area contributed by atoms with Gasteiger partial charge in [0.15, 0.2) is 0 Å². The Morgan fingerprint density at radius 2 is 0.678 bits per heavy atom. The highest BCUT2D eigenvalue weighted by molar-refractivity contribution is 6.04. The van der Waals surface area contributed by atoms with Gasteiger partial charge in [-0.3, -0.25) is 0 Å². The summed E-state index contributed by atoms with van der Waals surface area (Å²) in [7, 11) is 0. The Hall–Kier alpha value is -7.74. The molecule has 0 aliphatic rings. The maximum absolute atomic E-state index is 9.48. The van der Waals surface area contributed by atoms with Crippen molar-refractivity contribution < 1.29 is 5.48 Å². The summed E-state index contributed by atoms with van der Waals surface area (Å²) in [5, 5.41) is 2.33. The van der Waals surface area contributed by atoms with Gasteiger partial charge in [-0.2, -0.15) is 0 Å². The molecule has 0 N–H and O–H groups in total. The molecule has 0 heterocycles. The number of anilines is 3. The monoisotopic (exact) mass is 755 g/mol. The molecule has 0 fully saturated rings. The van der Waals surface area contributed by atoms with Gasteiger partial charge in [-0.15, -0.1) is 0 Å². The Bertz CT molecular complexity index is 3140. The second-order valence-electron chi connectivity index (χ2n) is 14.6. The van der Waals surface area contributed by atoms with Crippen molar-refractivity contribution in [3.8, 4) is 66.8 Å². The number of fused-ring (bicyclic) bond motifs is 1. The molecule has 10 aromatic carbocycles. The van der Waals surface area contributed by atoms with Crippen LogP contribution in [-0.4, -0.2) is 0 Å². The summed E-state index contributed by atoms with van der Waals surface area (Å²) in [5.41, 5.74) is 13.4. The van der Waals surface area contributed by atoms with Crippen LogP contribution in [0.2, 0.25) is 0 Å². The SMILES string of the molecule is [2H]c1c([2H])c(N(c2ccc(-c3cc(-c4ccccc4)cc(-c4ccccc4)c3)cc2)c2ccc(-c3ccc4ccccc4c3-c3ccccc3)cc2)c([2H])c([2H])c1-c1ccccc1. The minimum Gasteiger partial charge on any atom is -0.311 e. The van der Waals surface area contributed by atoms with E-state index >= 15 is 0 Å². The molecule has 10 rings (SSSR count). The second kappa shape index (κ2) is 16.0. The van der Waals surface area contributed by atoms with Gasteiger partial charge < -0.3 is 4.90 Å². The summed E-state index contributed by atoms with van der Waals surface area (Å²) in [6, 6.07) is 75.9. The molecule has 0 saturated heterocycles. The largest absolute Gasteiger partial charge is 0.311 e. The maximum atomic E-state index is 9.48. The van der Waals surface area contributed by atoms with Gasteiger partial charge >= 0.3 is 0 Å². The number of nitrogens with zero attached hydrogens (tertiary/aromatic N) is 1. The lowest BCUT2D eigenvalue weighted by atomic mass is 9.90. The van der Waals surface area contributed by atoms with Crippen LogP contribution in [0.15, 0.2) is 249 Å². The van der Waals surface area contributed by atoms with Crippen molar-refractivity contribution in [2.24, 2.45) is 0 Å². The van der Waals surface area contributed by atoms with Crippen LogP contribution in [0.5, 0.6) is 0 Å². The molecule has 0 spiro atoms. The highest BCUT2D eigenvalue weighted by atomic mass is 15.1. The average Bonchev–Trinajstić information content (AvgIpc) is 3.35. The first-order valence-corrected chi connectivity index (χ1v) is 19.9. The van der Waals surface area contributed by atoms with Gasteiger partial charge in [0.2, 0.25) is 0 Å². The first-order chi connectivity index (χ1) is 30.9. The van der Waals surface area contributed by atoms with Crippen LogP contribution >= 0.6 is 0 Å². The number of benzene rings is 10. The summed E-state index contributed by atoms with van der Waals surface area (Å²) < 4.78 is 37.5. The molecule has 0 saturated carbocycles. The lowest BCUT2D eigenvalue weighted by Crippen LogP contribution is -2.09. The predicted octanol–water partition coefficient (Wildman–Crippen LogP) is 16.3. The van der Waals surface area contributed by atoms with Crippen molar-refractivity contribution in [1.29, 1.82) is 0 Å². The third-order valence-corrected chi connectivity index (χ3v) is 10.9. The van der Waals surface area contributed by atoms with Crippen molar-refractivity contribution >= 4 is 27.8 Å². The lowest BCUT2D eigenvalue weighted by Gasteiger charge is -2.26. The average molecular weight is 756 g/mol. The molecular formula is C58H41N. The highest BCUT2D eigenvalue weighted by Crippen LogP contribution is 2.42. The zero-order chi connectivity index (χ0) is 42.9. The minimum atomic E-state index is -0.119. The van der Waals surface area contributed by atoms with E-state index in [-0.39, 0.29) is 35.4 Å². The molecule has 59 heavy (non-hydrogen) atoms. The van der Waals surface area contributed by atoms with E-state index in [4.69, 9.17) is 0 Å². The smallest absolute Gasteiger partial charge is 0.0645 e. The maximum Gasteiger partial charge on any atom is 0.0645 e. The van der Waals surface area contributed by atoms with Crippen molar-refractivity contribution in [2.75, 3.05) is 4.90 Å². The van der Waals surface area contributed by atoms with Crippen LogP contribution < -0.4 is 4.90 Å². The van der Waals surface area contributed by atoms with Gasteiger partial charge in [0.25, 0.3) is 0 Å². The molecule has 0 atom stereocenters. The Kier molecular flexibility index (Phi) is 8.51. The van der Waals surface area contributed by atoms with Gasteiger partial charge in [-0.1, -0.05) is 194 Å². The Morgan fingerprint density at radius 1 is 0.271 bits per heavy atom. The quantitative estimate of drug-likeness (QED) is 0.142. The fourth-order valence-corrected chi connectivity index (χ4v) is 7.98. The van der Waals surface area contributed by atoms with Crippen LogP contribution in [0, 0.1) is 0 Å². The van der Waals surface area contributed by atoms with E-state index in [0.717, 1.165) is 61.0 Å². The van der Waals surface area contributed by atoms with Gasteiger partial charge in [0.1, 0.15) is 0 Å². The molecule has 0 radical (unpaired) electrons. The Morgan fingerprint density at radius 3 is 1.19 bits per heavy atom. The van der Waals surface area contributed by atoms with E-state index in [1.807, 2.05) is 77.7 Å². The van der Waals surface area contributed by atoms with E-state index in [1.54, 1.807) is 0 Å². The zero-order valence-corrected chi connectivity index (χ0v) is 32.3. The van der Waals surface area contributed by atoms with Crippen molar-refractivity contribution in [3.05, 3.63) is 249 Å². The van der Waals surface area contributed by atoms with E-state index < -0.39 is 0 Å². The molecule has 1 heteroatoms. The topological polar surface area (TPSA) is 3.24 Å². The fourth-order valence-electron chi connectivity index (χ4n) is 7.98. The van der Waals surface area contributed by atoms with Crippen molar-refractivity contribution in [2.45, 2.75) is 0 Å². The molecule has 0 bridgehead atoms. The highest BCUT2D eigenvalue weighted by Gasteiger charge is 2.17. The van der Waals surface area contributed by atoms with Gasteiger partial charge in [-0.25, -0.2) is 0 Å². The summed E-state index contributed by atoms with van der Waals surface area (Å²) in [6.07, 6.45) is 0. The molecule has 0 aromatic heterocycles. The normalized spacial score (nSPS) is 12.0. The van der Waals surface area contributed by atoms with Crippen molar-refractivity contribution in [1.82, 2.24) is 0 Å². The van der Waals surface area contributed by atoms with Crippen molar-refractivity contribution in [3.63, 3.8) is 0 Å². The number of rotatable bonds is 9. The zero-order valence-electron chi connectivity index (χ0n) is 36.3. The summed E-state index contributed by atoms with van der Waals surface area (Å²) in [4.78, 5) is 1.86. The van der Waals surface area contributed by atoms with Crippen LogP contribution in [0.25, 0.3) is 77.5 Å². The lowest BCUT2D eigenvalue weighted by molar-refractivity contribution is 1.28. The Balaban J connectivity index is 1.12. The van der Waals surface area contributed by atoms with Crippen LogP contribution in [0.3, 0.4) is 0 Å². The first-order valence-electron chi connectivity index (χ1n) is 21.9. The van der Waals surface area contributed by atoms with Crippen LogP contribution in [0.4, 0.5) is 17.1 Å². The molecule has 0 amide bonds. The van der Waals surface area contributed by atoms with E-state index in [0.29, 0.717) is 16.9 Å². The predicted molar refractivity (Wildman–Crippen MR) is 251 cm³/mol. The third kappa shape index (κ3) is 7.34. The summed E-state index contributed by atoms with van der Waals surface area (Å²) >= 11 is 0. The molecule has 0 unspecified atom stereocenters. The van der Waals surface area contributed by atoms with E-state index in [2.05, 4.69) is 152 Å². The number of hydrogen-bond acceptors (Lipinski definition) is 1. The van der Waals surface area contributed by atoms with Gasteiger partial charge in [-0.05, 0) is 132 Å². The molecule has 10 aromatic rings. The van der Waals surface area contributed by atoms with E-state index in [1.165, 1.54) is 5.39 Å². The third-order valence-electron chi connectivity index (χ3n) is 10.9. The molecule has 0 aliphatic carbocycles. The molecule has 278 valence electrons. The van der Waals surface area contributed by atoms with Gasteiger partial charge in [0.05, 0.1) is 5.48 Å². The molecule has 0 aliphatic heterocycles. The number of hydrogen-bond donors (Lipinski definition) is 0. The standard InChI is InChI=1S/C58H41N/c1-5-15-42(16-6-1)45-25-32-53(33-26-45)59(55-36-29-48(30-37-55)57-38-31-47-21-13-14-24-56(47)58(57)49-22-11-4-12-23-49)54-34-27-46(28-35-54)52-40-50(43-17-7-2-8-18-43)39-51(41-52)44-19-9-3-10-20-44/h1-41H/i25D,26D,32D,33D. The summed E-state index contributed by atoms with van der Waals surface area (Å²) in [6.45, 7) is 0. The minimum absolute atomic E-state index is 0.0923. The summed E-state index contributed by atoms with van der Waals surface area (Å²) in [5.74, 6) is 0. The molecular weight excluding hydrogens is 711 g/mol. The second-order valence-corrected chi connectivity index (χ2v) is 14.6. The van der Waals surface area contributed by atoms with Crippen LogP contribution in [-0.2, 0) is 0 Å². The first kappa shape index (κ1) is 31.4. The molecule has 1 nitrogen and oxygen atoms in total. The van der Waals surface area contributed by atoms with Gasteiger partial charge in [0, 0.05) is 17.1 Å². The fraction of sp³-hybridized carbons (Fsp3) is 0. The van der Waals surface area contributed by atoms with Crippen LogP contribution in [0.1, 0.15) is 5.48 Å². The van der Waals surface area contributed by atoms with E-state index in [9.17, 15) is 5.48 Å².